The van der Waals surface area contributed by atoms with Gasteiger partial charge in [-0.05, 0) is 5.56 Å². The monoisotopic (exact) mass is 369 g/mol. The summed E-state index contributed by atoms with van der Waals surface area (Å²) in [4.78, 5) is 31.1. The Morgan fingerprint density at radius 2 is 1.96 bits per heavy atom. The van der Waals surface area contributed by atoms with E-state index < -0.39 is 11.2 Å². The van der Waals surface area contributed by atoms with Gasteiger partial charge in [0.05, 0.1) is 25.5 Å². The maximum Gasteiger partial charge on any atom is 0.329 e. The first kappa shape index (κ1) is 17.3. The zero-order chi connectivity index (χ0) is 19.0. The molecule has 0 saturated heterocycles. The lowest BCUT2D eigenvalue weighted by Crippen LogP contribution is -2.28. The SMILES string of the molecule is Cn1c(=O)[nH]c(=O)c2c1nc1n(CCOCCO)c(-c3ccccc3)cn21. The molecule has 0 aliphatic carbocycles. The first-order valence-corrected chi connectivity index (χ1v) is 8.56. The van der Waals surface area contributed by atoms with E-state index >= 15 is 0 Å². The number of fused-ring (bicyclic) bond motifs is 3. The van der Waals surface area contributed by atoms with E-state index in [-0.39, 0.29) is 13.2 Å². The largest absolute Gasteiger partial charge is 0.394 e. The summed E-state index contributed by atoms with van der Waals surface area (Å²) in [6, 6.07) is 9.75. The van der Waals surface area contributed by atoms with Crippen molar-refractivity contribution in [2.75, 3.05) is 19.8 Å². The number of aromatic amines is 1. The molecular formula is C18H19N5O4. The molecule has 3 heterocycles. The highest BCUT2D eigenvalue weighted by atomic mass is 16.5. The average molecular weight is 369 g/mol. The zero-order valence-electron chi connectivity index (χ0n) is 14.8. The maximum atomic E-state index is 12.4. The molecule has 1 aromatic carbocycles. The highest BCUT2D eigenvalue weighted by Gasteiger charge is 2.19. The number of aryl methyl sites for hydroxylation is 1. The quantitative estimate of drug-likeness (QED) is 0.477. The van der Waals surface area contributed by atoms with Gasteiger partial charge in [-0.15, -0.1) is 0 Å². The van der Waals surface area contributed by atoms with E-state index in [4.69, 9.17) is 9.84 Å². The minimum Gasteiger partial charge on any atom is -0.394 e. The Morgan fingerprint density at radius 3 is 2.70 bits per heavy atom. The zero-order valence-corrected chi connectivity index (χ0v) is 14.8. The van der Waals surface area contributed by atoms with Crippen molar-refractivity contribution in [3.63, 3.8) is 0 Å². The maximum absolute atomic E-state index is 12.4. The lowest BCUT2D eigenvalue weighted by atomic mass is 10.2. The van der Waals surface area contributed by atoms with Gasteiger partial charge in [-0.3, -0.25) is 18.7 Å². The highest BCUT2D eigenvalue weighted by Crippen LogP contribution is 2.25. The molecule has 9 nitrogen and oxygen atoms in total. The molecule has 9 heteroatoms. The third-order valence-corrected chi connectivity index (χ3v) is 4.48. The minimum atomic E-state index is -0.505. The summed E-state index contributed by atoms with van der Waals surface area (Å²) in [6.45, 7) is 1.07. The standard InChI is InChI=1S/C18H19N5O4/c1-21-15-14(16(25)20-18(21)26)23-11-13(12-5-3-2-4-6-12)22(17(23)19-15)7-9-27-10-8-24/h2-6,11,24H,7-10H2,1H3,(H,20,25,26). The van der Waals surface area contributed by atoms with Crippen LogP contribution < -0.4 is 11.2 Å². The van der Waals surface area contributed by atoms with Gasteiger partial charge in [0.1, 0.15) is 0 Å². The molecule has 0 amide bonds. The molecule has 4 aromatic rings. The van der Waals surface area contributed by atoms with Gasteiger partial charge in [0.2, 0.25) is 5.78 Å². The van der Waals surface area contributed by atoms with Crippen molar-refractivity contribution in [2.24, 2.45) is 7.05 Å². The fourth-order valence-corrected chi connectivity index (χ4v) is 3.19. The van der Waals surface area contributed by atoms with Crippen LogP contribution in [0.25, 0.3) is 28.2 Å². The van der Waals surface area contributed by atoms with Crippen LogP contribution in [0, 0.1) is 0 Å². The third-order valence-electron chi connectivity index (χ3n) is 4.48. The Balaban J connectivity index is 1.95. The number of ether oxygens (including phenoxy) is 1. The molecule has 0 radical (unpaired) electrons. The van der Waals surface area contributed by atoms with Crippen molar-refractivity contribution in [1.82, 2.24) is 23.5 Å². The number of nitrogens with one attached hydrogen (secondary N) is 1. The van der Waals surface area contributed by atoms with Gasteiger partial charge in [-0.1, -0.05) is 30.3 Å². The number of hydrogen-bond acceptors (Lipinski definition) is 5. The van der Waals surface area contributed by atoms with Gasteiger partial charge in [0.15, 0.2) is 11.2 Å². The molecular weight excluding hydrogens is 350 g/mol. The Hall–Kier alpha value is -3.17. The van der Waals surface area contributed by atoms with Crippen LogP contribution in [0.4, 0.5) is 0 Å². The normalized spacial score (nSPS) is 11.6. The summed E-state index contributed by atoms with van der Waals surface area (Å²) in [6.07, 6.45) is 1.84. The Bertz CT molecular complexity index is 1220. The van der Waals surface area contributed by atoms with Crippen molar-refractivity contribution in [1.29, 1.82) is 0 Å². The first-order valence-electron chi connectivity index (χ1n) is 8.56. The van der Waals surface area contributed by atoms with Crippen molar-refractivity contribution < 1.29 is 9.84 Å². The summed E-state index contributed by atoms with van der Waals surface area (Å²) in [7, 11) is 1.57. The molecule has 4 rings (SSSR count). The second-order valence-corrected chi connectivity index (χ2v) is 6.14. The predicted octanol–water partition coefficient (Wildman–Crippen LogP) is 0.352. The van der Waals surface area contributed by atoms with Gasteiger partial charge >= 0.3 is 5.69 Å². The van der Waals surface area contributed by atoms with Crippen LogP contribution in [0.5, 0.6) is 0 Å². The summed E-state index contributed by atoms with van der Waals surface area (Å²) in [5.74, 6) is 0.545. The van der Waals surface area contributed by atoms with Crippen molar-refractivity contribution in [3.05, 3.63) is 57.4 Å². The number of aromatic nitrogens is 5. The lowest BCUT2D eigenvalue weighted by molar-refractivity contribution is 0.0876. The number of benzene rings is 1. The second-order valence-electron chi connectivity index (χ2n) is 6.14. The molecule has 27 heavy (non-hydrogen) atoms. The smallest absolute Gasteiger partial charge is 0.329 e. The first-order chi connectivity index (χ1) is 13.1. The molecule has 0 aliphatic rings. The highest BCUT2D eigenvalue weighted by molar-refractivity contribution is 5.77. The topological polar surface area (TPSA) is 107 Å². The fraction of sp³-hybridized carbons (Fsp3) is 0.278. The number of imidazole rings is 2. The Kier molecular flexibility index (Phi) is 4.38. The molecule has 0 fully saturated rings. The van der Waals surface area contributed by atoms with E-state index in [2.05, 4.69) is 9.97 Å². The van der Waals surface area contributed by atoms with Gasteiger partial charge in [-0.25, -0.2) is 4.79 Å². The van der Waals surface area contributed by atoms with Crippen LogP contribution in [0.15, 0.2) is 46.1 Å². The fourth-order valence-electron chi connectivity index (χ4n) is 3.19. The number of H-pyrrole nitrogens is 1. The minimum absolute atomic E-state index is 0.0443. The van der Waals surface area contributed by atoms with Crippen LogP contribution >= 0.6 is 0 Å². The summed E-state index contributed by atoms with van der Waals surface area (Å²) in [5, 5.41) is 8.89. The van der Waals surface area contributed by atoms with Crippen LogP contribution in [0.2, 0.25) is 0 Å². The Labute approximate surface area is 153 Å². The van der Waals surface area contributed by atoms with E-state index in [1.165, 1.54) is 4.57 Å². The van der Waals surface area contributed by atoms with Gasteiger partial charge in [0, 0.05) is 19.8 Å². The molecule has 3 aromatic heterocycles. The van der Waals surface area contributed by atoms with E-state index in [0.29, 0.717) is 30.1 Å². The number of aliphatic hydroxyl groups is 1. The molecule has 0 aliphatic heterocycles. The molecule has 2 N–H and O–H groups in total. The molecule has 0 atom stereocenters. The van der Waals surface area contributed by atoms with Crippen LogP contribution in [0.3, 0.4) is 0 Å². The molecule has 0 spiro atoms. The molecule has 0 unspecified atom stereocenters. The number of hydrogen-bond donors (Lipinski definition) is 2. The van der Waals surface area contributed by atoms with Crippen molar-refractivity contribution in [2.45, 2.75) is 6.54 Å². The lowest BCUT2D eigenvalue weighted by Gasteiger charge is -2.09. The second kappa shape index (κ2) is 6.86. The third kappa shape index (κ3) is 2.86. The van der Waals surface area contributed by atoms with E-state index in [9.17, 15) is 9.59 Å². The summed E-state index contributed by atoms with van der Waals surface area (Å²) in [5.41, 5.74) is 1.51. The van der Waals surface area contributed by atoms with E-state index in [0.717, 1.165) is 11.3 Å². The molecule has 0 bridgehead atoms. The Morgan fingerprint density at radius 1 is 1.19 bits per heavy atom. The van der Waals surface area contributed by atoms with Gasteiger partial charge < -0.3 is 14.4 Å². The number of aliphatic hydroxyl groups excluding tert-OH is 1. The molecule has 140 valence electrons. The number of nitrogens with zero attached hydrogens (tertiary/aromatic N) is 4. The van der Waals surface area contributed by atoms with Crippen LogP contribution in [-0.2, 0) is 18.3 Å². The van der Waals surface area contributed by atoms with Crippen molar-refractivity contribution in [3.8, 4) is 11.3 Å². The van der Waals surface area contributed by atoms with Crippen molar-refractivity contribution >= 4 is 16.9 Å². The van der Waals surface area contributed by atoms with Gasteiger partial charge in [0.25, 0.3) is 5.56 Å². The van der Waals surface area contributed by atoms with E-state index in [1.807, 2.05) is 41.1 Å². The van der Waals surface area contributed by atoms with E-state index in [1.54, 1.807) is 11.4 Å². The predicted molar refractivity (Wildman–Crippen MR) is 99.9 cm³/mol. The molecule has 0 saturated carbocycles. The summed E-state index contributed by atoms with van der Waals surface area (Å²) >= 11 is 0. The number of rotatable bonds is 6. The summed E-state index contributed by atoms with van der Waals surface area (Å²) < 4.78 is 10.4. The van der Waals surface area contributed by atoms with Crippen LogP contribution in [-0.4, -0.2) is 48.4 Å². The average Bonchev–Trinajstić information content (AvgIpc) is 3.21. The van der Waals surface area contributed by atoms with Crippen LogP contribution in [0.1, 0.15) is 0 Å². The van der Waals surface area contributed by atoms with Gasteiger partial charge in [-0.2, -0.15) is 4.98 Å².